The van der Waals surface area contributed by atoms with Gasteiger partial charge in [-0.3, -0.25) is 0 Å². The molecular formula is C11H15BFNO3. The van der Waals surface area contributed by atoms with E-state index in [1.165, 1.54) is 6.07 Å². The summed E-state index contributed by atoms with van der Waals surface area (Å²) in [5.74, 6) is -0.808. The molecule has 0 aliphatic carbocycles. The highest BCUT2D eigenvalue weighted by molar-refractivity contribution is 6.62. The lowest BCUT2D eigenvalue weighted by atomic mass is 9.80. The van der Waals surface area contributed by atoms with E-state index < -0.39 is 24.3 Å². The van der Waals surface area contributed by atoms with E-state index in [2.05, 4.69) is 4.98 Å². The Morgan fingerprint density at radius 3 is 2.29 bits per heavy atom. The quantitative estimate of drug-likeness (QED) is 0.591. The minimum Gasteiger partial charge on any atom is -0.506 e. The first kappa shape index (κ1) is 12.3. The molecule has 1 aliphatic rings. The van der Waals surface area contributed by atoms with E-state index in [9.17, 15) is 9.50 Å². The summed E-state index contributed by atoms with van der Waals surface area (Å²) in [5, 5.41) is 9.32. The molecule has 0 bridgehead atoms. The summed E-state index contributed by atoms with van der Waals surface area (Å²) in [5.41, 5.74) is -0.978. The summed E-state index contributed by atoms with van der Waals surface area (Å²) in [6, 6.07) is 1.27. The third-order valence-electron chi connectivity index (χ3n) is 3.36. The minimum absolute atomic E-state index is 0.114. The number of nitrogens with zero attached hydrogens (tertiary/aromatic N) is 1. The van der Waals surface area contributed by atoms with E-state index in [1.54, 1.807) is 0 Å². The molecule has 1 aromatic heterocycles. The van der Waals surface area contributed by atoms with Crippen LogP contribution in [0.25, 0.3) is 0 Å². The van der Waals surface area contributed by atoms with Crippen molar-refractivity contribution in [3.05, 3.63) is 18.2 Å². The molecule has 17 heavy (non-hydrogen) atoms. The average molecular weight is 239 g/mol. The molecule has 92 valence electrons. The number of hydrogen-bond donors (Lipinski definition) is 1. The van der Waals surface area contributed by atoms with Crippen molar-refractivity contribution in [1.29, 1.82) is 0 Å². The molecule has 1 fully saturated rings. The van der Waals surface area contributed by atoms with E-state index >= 15 is 0 Å². The van der Waals surface area contributed by atoms with Crippen LogP contribution in [-0.4, -0.2) is 28.4 Å². The van der Waals surface area contributed by atoms with Gasteiger partial charge in [0.15, 0.2) is 0 Å². The van der Waals surface area contributed by atoms with Gasteiger partial charge in [-0.05, 0) is 33.8 Å². The van der Waals surface area contributed by atoms with Gasteiger partial charge in [0, 0.05) is 5.46 Å². The number of hydrogen-bond acceptors (Lipinski definition) is 4. The first-order chi connectivity index (χ1) is 7.73. The van der Waals surface area contributed by atoms with Gasteiger partial charge in [-0.15, -0.1) is 0 Å². The van der Waals surface area contributed by atoms with Crippen LogP contribution in [-0.2, 0) is 9.31 Å². The Morgan fingerprint density at radius 2 is 1.76 bits per heavy atom. The zero-order valence-corrected chi connectivity index (χ0v) is 10.3. The van der Waals surface area contributed by atoms with Crippen LogP contribution in [0.15, 0.2) is 12.3 Å². The zero-order chi connectivity index (χ0) is 12.8. The summed E-state index contributed by atoms with van der Waals surface area (Å²) < 4.78 is 24.9. The first-order valence-corrected chi connectivity index (χ1v) is 5.43. The van der Waals surface area contributed by atoms with Gasteiger partial charge in [0.1, 0.15) is 5.75 Å². The minimum atomic E-state index is -0.848. The van der Waals surface area contributed by atoms with Crippen molar-refractivity contribution in [2.24, 2.45) is 0 Å². The van der Waals surface area contributed by atoms with E-state index in [1.807, 2.05) is 27.7 Å². The Balaban J connectivity index is 2.35. The maximum absolute atomic E-state index is 13.5. The van der Waals surface area contributed by atoms with Crippen LogP contribution in [0.3, 0.4) is 0 Å². The van der Waals surface area contributed by atoms with Crippen molar-refractivity contribution in [1.82, 2.24) is 4.98 Å². The van der Waals surface area contributed by atoms with Crippen molar-refractivity contribution in [3.8, 4) is 5.75 Å². The predicted octanol–water partition coefficient (Wildman–Crippen LogP) is 1.23. The third kappa shape index (κ3) is 2.02. The summed E-state index contributed by atoms with van der Waals surface area (Å²) >= 11 is 0. The standard InChI is InChI=1S/C11H15BFNO3/c1-10(2)11(3,4)17-12(16-10)8-5-7(15)6-14-9(8)13/h5-6,15H,1-4H3. The molecule has 0 saturated carbocycles. The zero-order valence-electron chi connectivity index (χ0n) is 10.3. The van der Waals surface area contributed by atoms with Gasteiger partial charge in [-0.25, -0.2) is 4.98 Å². The molecule has 4 nitrogen and oxygen atoms in total. The van der Waals surface area contributed by atoms with Crippen LogP contribution in [0.1, 0.15) is 27.7 Å². The van der Waals surface area contributed by atoms with E-state index in [0.717, 1.165) is 6.20 Å². The van der Waals surface area contributed by atoms with Crippen molar-refractivity contribution in [3.63, 3.8) is 0 Å². The fraction of sp³-hybridized carbons (Fsp3) is 0.545. The number of rotatable bonds is 1. The lowest BCUT2D eigenvalue weighted by Gasteiger charge is -2.32. The predicted molar refractivity (Wildman–Crippen MR) is 61.6 cm³/mol. The van der Waals surface area contributed by atoms with Crippen LogP contribution < -0.4 is 5.46 Å². The lowest BCUT2D eigenvalue weighted by molar-refractivity contribution is 0.00578. The monoisotopic (exact) mass is 239 g/mol. The number of halogens is 1. The maximum atomic E-state index is 13.5. The summed E-state index contributed by atoms with van der Waals surface area (Å²) in [4.78, 5) is 3.44. The highest BCUT2D eigenvalue weighted by Crippen LogP contribution is 2.36. The fourth-order valence-electron chi connectivity index (χ4n) is 1.59. The lowest BCUT2D eigenvalue weighted by Crippen LogP contribution is -2.41. The smallest absolute Gasteiger partial charge is 0.499 e. The second-order valence-corrected chi connectivity index (χ2v) is 5.16. The van der Waals surface area contributed by atoms with Gasteiger partial charge in [0.25, 0.3) is 0 Å². The Bertz CT molecular complexity index is 434. The Hall–Kier alpha value is -1.14. The molecule has 0 atom stereocenters. The van der Waals surface area contributed by atoms with E-state index in [0.29, 0.717) is 0 Å². The first-order valence-electron chi connectivity index (χ1n) is 5.43. The fourth-order valence-corrected chi connectivity index (χ4v) is 1.59. The van der Waals surface area contributed by atoms with Crippen molar-refractivity contribution in [2.75, 3.05) is 0 Å². The van der Waals surface area contributed by atoms with Crippen molar-refractivity contribution in [2.45, 2.75) is 38.9 Å². The SMILES string of the molecule is CC1(C)OB(c2cc(O)cnc2F)OC1(C)C. The van der Waals surface area contributed by atoms with Gasteiger partial charge in [-0.2, -0.15) is 4.39 Å². The summed E-state index contributed by atoms with van der Waals surface area (Å²) in [6.07, 6.45) is 1.05. The van der Waals surface area contributed by atoms with Gasteiger partial charge in [0.2, 0.25) is 5.95 Å². The molecule has 0 unspecified atom stereocenters. The van der Waals surface area contributed by atoms with Gasteiger partial charge >= 0.3 is 7.12 Å². The maximum Gasteiger partial charge on any atom is 0.499 e. The third-order valence-corrected chi connectivity index (χ3v) is 3.36. The second kappa shape index (κ2) is 3.68. The Morgan fingerprint density at radius 1 is 1.24 bits per heavy atom. The number of aromatic hydroxyl groups is 1. The van der Waals surface area contributed by atoms with E-state index in [4.69, 9.17) is 9.31 Å². The second-order valence-electron chi connectivity index (χ2n) is 5.16. The van der Waals surface area contributed by atoms with Crippen LogP contribution in [0, 0.1) is 5.95 Å². The molecule has 1 aromatic rings. The summed E-state index contributed by atoms with van der Waals surface area (Å²) in [7, 11) is -0.848. The Labute approximate surface area is 99.9 Å². The molecule has 1 saturated heterocycles. The number of aromatic nitrogens is 1. The normalized spacial score (nSPS) is 21.8. The highest BCUT2D eigenvalue weighted by Gasteiger charge is 2.52. The van der Waals surface area contributed by atoms with E-state index in [-0.39, 0.29) is 11.2 Å². The summed E-state index contributed by atoms with van der Waals surface area (Å²) in [6.45, 7) is 7.50. The molecule has 1 aliphatic heterocycles. The van der Waals surface area contributed by atoms with Crippen molar-refractivity contribution < 1.29 is 18.8 Å². The highest BCUT2D eigenvalue weighted by atomic mass is 19.1. The molecule has 2 rings (SSSR count). The largest absolute Gasteiger partial charge is 0.506 e. The molecule has 2 heterocycles. The number of pyridine rings is 1. The van der Waals surface area contributed by atoms with Crippen LogP contribution >= 0.6 is 0 Å². The molecule has 0 radical (unpaired) electrons. The van der Waals surface area contributed by atoms with Crippen LogP contribution in [0.4, 0.5) is 4.39 Å². The molecule has 0 aromatic carbocycles. The van der Waals surface area contributed by atoms with Crippen LogP contribution in [0.5, 0.6) is 5.75 Å². The average Bonchev–Trinajstić information content (AvgIpc) is 2.40. The topological polar surface area (TPSA) is 51.6 Å². The molecule has 1 N–H and O–H groups in total. The molecule has 0 spiro atoms. The van der Waals surface area contributed by atoms with Gasteiger partial charge < -0.3 is 14.4 Å². The van der Waals surface area contributed by atoms with Gasteiger partial charge in [0.05, 0.1) is 17.4 Å². The van der Waals surface area contributed by atoms with Crippen molar-refractivity contribution >= 4 is 12.6 Å². The van der Waals surface area contributed by atoms with Gasteiger partial charge in [-0.1, -0.05) is 0 Å². The van der Waals surface area contributed by atoms with Crippen LogP contribution in [0.2, 0.25) is 0 Å². The molecule has 0 amide bonds. The Kier molecular flexibility index (Phi) is 2.67. The molecular weight excluding hydrogens is 224 g/mol. The molecule has 6 heteroatoms.